The molecule has 2 heterocycles. The molecular formula is C29H28F3N3O3-2. The number of anilines is 1. The zero-order chi connectivity index (χ0) is 26.8. The Morgan fingerprint density at radius 3 is 2.26 bits per heavy atom. The quantitative estimate of drug-likeness (QED) is 0.569. The van der Waals surface area contributed by atoms with Crippen molar-refractivity contribution in [1.82, 2.24) is 9.78 Å². The molecule has 2 aliphatic carbocycles. The van der Waals surface area contributed by atoms with Crippen LogP contribution in [0.2, 0.25) is 0 Å². The number of fused-ring (bicyclic) bond motifs is 2. The van der Waals surface area contributed by atoms with Crippen molar-refractivity contribution in [3.63, 3.8) is 0 Å². The second-order valence-electron chi connectivity index (χ2n) is 10.7. The number of likely N-dealkylation sites (N-methyl/N-ethyl adjacent to an activating group) is 1. The zero-order valence-electron chi connectivity index (χ0n) is 20.9. The van der Waals surface area contributed by atoms with Gasteiger partial charge in [0, 0.05) is 23.8 Å². The van der Waals surface area contributed by atoms with Crippen LogP contribution < -0.4 is 20.7 Å². The Morgan fingerprint density at radius 1 is 0.974 bits per heavy atom. The van der Waals surface area contributed by atoms with Crippen molar-refractivity contribution in [1.29, 1.82) is 0 Å². The molecule has 1 aromatic heterocycles. The van der Waals surface area contributed by atoms with Crippen molar-refractivity contribution in [2.24, 2.45) is 5.92 Å². The Labute approximate surface area is 218 Å². The maximum Gasteiger partial charge on any atom is 0.433 e. The van der Waals surface area contributed by atoms with Crippen LogP contribution in [-0.4, -0.2) is 29.0 Å². The Bertz CT molecular complexity index is 1430. The summed E-state index contributed by atoms with van der Waals surface area (Å²) in [6.07, 6.45) is -1.58. The van der Waals surface area contributed by atoms with Gasteiger partial charge < -0.3 is 15.1 Å². The predicted octanol–water partition coefficient (Wildman–Crippen LogP) is 3.59. The van der Waals surface area contributed by atoms with E-state index >= 15 is 0 Å². The molecule has 2 unspecified atom stereocenters. The molecule has 0 amide bonds. The number of halogens is 3. The molecule has 6 rings (SSSR count). The van der Waals surface area contributed by atoms with Gasteiger partial charge in [-0.2, -0.15) is 13.2 Å². The third-order valence-electron chi connectivity index (χ3n) is 8.71. The van der Waals surface area contributed by atoms with Gasteiger partial charge in [0.1, 0.15) is 5.69 Å². The molecule has 1 aliphatic heterocycles. The molecule has 6 nitrogen and oxygen atoms in total. The molecular weight excluding hydrogens is 495 g/mol. The molecule has 0 radical (unpaired) electrons. The SMILES string of the molecule is CN1C(=CC2C([O-])C(c3c(C(F)(F)F)[nH]n(-c4ccccc4)c3=O)C2[O-])C2(CCCCC2)c2ccccc21. The first-order chi connectivity index (χ1) is 18.1. The Kier molecular flexibility index (Phi) is 5.84. The molecule has 3 aromatic rings. The number of H-pyrrole nitrogens is 1. The average Bonchev–Trinajstić information content (AvgIpc) is 3.36. The van der Waals surface area contributed by atoms with E-state index in [1.807, 2.05) is 30.1 Å². The summed E-state index contributed by atoms with van der Waals surface area (Å²) < 4.78 is 42.7. The van der Waals surface area contributed by atoms with Crippen molar-refractivity contribution in [3.8, 4) is 5.69 Å². The summed E-state index contributed by atoms with van der Waals surface area (Å²) in [5.41, 5.74) is -0.112. The van der Waals surface area contributed by atoms with E-state index in [-0.39, 0.29) is 11.1 Å². The minimum Gasteiger partial charge on any atom is -0.851 e. The highest BCUT2D eigenvalue weighted by molar-refractivity contribution is 5.70. The van der Waals surface area contributed by atoms with Crippen LogP contribution in [0.1, 0.15) is 54.8 Å². The number of hydrogen-bond acceptors (Lipinski definition) is 4. The molecule has 38 heavy (non-hydrogen) atoms. The lowest BCUT2D eigenvalue weighted by Gasteiger charge is -2.60. The fraction of sp³-hybridized carbons (Fsp3) is 0.414. The normalized spacial score (nSPS) is 27.5. The second-order valence-corrected chi connectivity index (χ2v) is 10.7. The van der Waals surface area contributed by atoms with Crippen molar-refractivity contribution < 1.29 is 23.4 Å². The highest BCUT2D eigenvalue weighted by atomic mass is 19.4. The molecule has 2 aromatic carbocycles. The fourth-order valence-corrected chi connectivity index (χ4v) is 6.85. The van der Waals surface area contributed by atoms with Crippen LogP contribution in [0.25, 0.3) is 5.69 Å². The molecule has 3 aliphatic rings. The lowest BCUT2D eigenvalue weighted by molar-refractivity contribution is -0.543. The maximum atomic E-state index is 14.0. The van der Waals surface area contributed by atoms with Crippen molar-refractivity contribution in [2.45, 2.75) is 61.8 Å². The summed E-state index contributed by atoms with van der Waals surface area (Å²) in [5.74, 6) is -2.61. The highest BCUT2D eigenvalue weighted by Crippen LogP contribution is 2.56. The molecule has 200 valence electrons. The van der Waals surface area contributed by atoms with Crippen molar-refractivity contribution in [3.05, 3.63) is 93.5 Å². The van der Waals surface area contributed by atoms with E-state index in [1.54, 1.807) is 24.3 Å². The van der Waals surface area contributed by atoms with Gasteiger partial charge in [0.2, 0.25) is 0 Å². The number of hydrogen-bond donors (Lipinski definition) is 1. The molecule has 1 N–H and O–H groups in total. The predicted molar refractivity (Wildman–Crippen MR) is 133 cm³/mol. The van der Waals surface area contributed by atoms with E-state index in [0.29, 0.717) is 0 Å². The number of benzene rings is 2. The molecule has 1 spiro atoms. The van der Waals surface area contributed by atoms with E-state index in [0.717, 1.165) is 48.2 Å². The second kappa shape index (κ2) is 8.88. The number of rotatable bonds is 3. The summed E-state index contributed by atoms with van der Waals surface area (Å²) in [6, 6.07) is 15.9. The number of para-hydroxylation sites is 2. The molecule has 0 bridgehead atoms. The molecule has 9 heteroatoms. The standard InChI is InChI=1S/C29H28F3N3O3/c1-34-20-13-7-6-12-19(20)28(14-8-3-9-15-28)21(34)16-18-24(36)22(25(18)37)23-26(29(30,31)32)33-35(27(23)38)17-10-4-2-5-11-17/h2,4-7,10-13,16,18,22,24-25,33H,3,8-9,14-15H2,1H3/q-2. The first kappa shape index (κ1) is 25.0. The van der Waals surface area contributed by atoms with Gasteiger partial charge in [0.05, 0.1) is 11.3 Å². The van der Waals surface area contributed by atoms with E-state index in [9.17, 15) is 28.2 Å². The van der Waals surface area contributed by atoms with Crippen LogP contribution >= 0.6 is 0 Å². The van der Waals surface area contributed by atoms with Gasteiger partial charge in [0.25, 0.3) is 5.56 Å². The first-order valence-corrected chi connectivity index (χ1v) is 13.0. The molecule has 0 saturated heterocycles. The minimum absolute atomic E-state index is 0.196. The van der Waals surface area contributed by atoms with E-state index in [1.165, 1.54) is 17.7 Å². The first-order valence-electron chi connectivity index (χ1n) is 13.0. The lowest BCUT2D eigenvalue weighted by Crippen LogP contribution is -2.66. The van der Waals surface area contributed by atoms with Crippen LogP contribution in [0.5, 0.6) is 0 Å². The van der Waals surface area contributed by atoms with Gasteiger partial charge in [-0.05, 0) is 48.4 Å². The van der Waals surface area contributed by atoms with Gasteiger partial charge in [-0.15, -0.1) is 12.2 Å². The maximum absolute atomic E-state index is 14.0. The third kappa shape index (κ3) is 3.59. The number of aromatic amines is 1. The summed E-state index contributed by atoms with van der Waals surface area (Å²) in [6.45, 7) is 0. The monoisotopic (exact) mass is 523 g/mol. The van der Waals surface area contributed by atoms with Crippen LogP contribution in [0.4, 0.5) is 18.9 Å². The Balaban J connectivity index is 1.39. The molecule has 2 atom stereocenters. The number of nitrogens with one attached hydrogen (secondary N) is 1. The van der Waals surface area contributed by atoms with Gasteiger partial charge in [-0.1, -0.05) is 61.7 Å². The molecule has 2 saturated carbocycles. The highest BCUT2D eigenvalue weighted by Gasteiger charge is 2.50. The third-order valence-corrected chi connectivity index (χ3v) is 8.71. The Morgan fingerprint density at radius 2 is 1.61 bits per heavy atom. The lowest BCUT2D eigenvalue weighted by atomic mass is 9.63. The fourth-order valence-electron chi connectivity index (χ4n) is 6.85. The number of nitrogens with zero attached hydrogens (tertiary/aromatic N) is 2. The number of alkyl halides is 3. The number of allylic oxidation sites excluding steroid dienone is 1. The summed E-state index contributed by atoms with van der Waals surface area (Å²) in [5, 5.41) is 29.1. The van der Waals surface area contributed by atoms with Crippen LogP contribution in [0, 0.1) is 5.92 Å². The minimum atomic E-state index is -4.92. The summed E-state index contributed by atoms with van der Waals surface area (Å²) in [7, 11) is 1.91. The van der Waals surface area contributed by atoms with Crippen LogP contribution in [0.3, 0.4) is 0 Å². The summed E-state index contributed by atoms with van der Waals surface area (Å²) in [4.78, 5) is 15.2. The number of aromatic nitrogens is 2. The van der Waals surface area contributed by atoms with E-state index in [4.69, 9.17) is 0 Å². The smallest absolute Gasteiger partial charge is 0.433 e. The van der Waals surface area contributed by atoms with E-state index in [2.05, 4.69) is 11.2 Å². The Hall–Kier alpha value is -3.30. The summed E-state index contributed by atoms with van der Waals surface area (Å²) >= 11 is 0. The van der Waals surface area contributed by atoms with Crippen molar-refractivity contribution in [2.75, 3.05) is 11.9 Å². The van der Waals surface area contributed by atoms with Gasteiger partial charge in [-0.3, -0.25) is 9.89 Å². The zero-order valence-corrected chi connectivity index (χ0v) is 20.9. The van der Waals surface area contributed by atoms with Crippen LogP contribution in [-0.2, 0) is 11.6 Å². The van der Waals surface area contributed by atoms with Crippen LogP contribution in [0.15, 0.2) is 71.2 Å². The van der Waals surface area contributed by atoms with E-state index < -0.39 is 47.0 Å². The average molecular weight is 524 g/mol. The topological polar surface area (TPSA) is 87.2 Å². The van der Waals surface area contributed by atoms with Gasteiger partial charge >= 0.3 is 6.18 Å². The van der Waals surface area contributed by atoms with Gasteiger partial charge in [0.15, 0.2) is 0 Å². The largest absolute Gasteiger partial charge is 0.851 e. The molecule has 2 fully saturated rings. The van der Waals surface area contributed by atoms with Gasteiger partial charge in [-0.25, -0.2) is 4.68 Å². The van der Waals surface area contributed by atoms with Crippen molar-refractivity contribution >= 4 is 5.69 Å².